The van der Waals surface area contributed by atoms with E-state index in [4.69, 9.17) is 11.6 Å². The van der Waals surface area contributed by atoms with Crippen LogP contribution in [-0.2, 0) is 6.18 Å². The Balaban J connectivity index is 2.62. The van der Waals surface area contributed by atoms with Crippen LogP contribution in [0.1, 0.15) is 5.56 Å². The van der Waals surface area contributed by atoms with Crippen molar-refractivity contribution in [2.75, 3.05) is 0 Å². The number of hydrogen-bond donors (Lipinski definition) is 0. The van der Waals surface area contributed by atoms with Crippen LogP contribution in [0.2, 0.25) is 5.02 Å². The van der Waals surface area contributed by atoms with Crippen molar-refractivity contribution in [3.05, 3.63) is 41.3 Å². The summed E-state index contributed by atoms with van der Waals surface area (Å²) in [6, 6.07) is 3.34. The van der Waals surface area contributed by atoms with Crippen LogP contribution in [0.15, 0.2) is 24.7 Å². The van der Waals surface area contributed by atoms with Crippen molar-refractivity contribution >= 4 is 11.6 Å². The molecule has 2 heterocycles. The van der Waals surface area contributed by atoms with Gasteiger partial charge in [-0.2, -0.15) is 18.3 Å². The summed E-state index contributed by atoms with van der Waals surface area (Å²) in [4.78, 5) is 3.62. The summed E-state index contributed by atoms with van der Waals surface area (Å²) in [5.74, 6) is -0.321. The van der Waals surface area contributed by atoms with Crippen LogP contribution in [0.4, 0.5) is 13.2 Å². The van der Waals surface area contributed by atoms with Crippen LogP contribution >= 0.6 is 11.6 Å². The van der Waals surface area contributed by atoms with Crippen LogP contribution in [0.25, 0.3) is 5.82 Å². The predicted octanol–water partition coefficient (Wildman–Crippen LogP) is 2.74. The third-order valence-corrected chi connectivity index (χ3v) is 2.02. The number of alkyl halides is 3. The molecule has 16 heavy (non-hydrogen) atoms. The molecule has 2 aromatic heterocycles. The molecule has 0 N–H and O–H groups in total. The van der Waals surface area contributed by atoms with E-state index in [9.17, 15) is 13.2 Å². The lowest BCUT2D eigenvalue weighted by Gasteiger charge is -2.11. The molecular weight excluding hydrogens is 243 g/mol. The molecule has 2 aromatic rings. The van der Waals surface area contributed by atoms with Crippen molar-refractivity contribution in [3.8, 4) is 5.82 Å². The SMILES string of the molecule is FC(F)(F)c1cc(Cl)cnc1-n1c[c]cn1. The standard InChI is InChI=1S/C9H4ClF3N3/c10-6-4-7(9(11,12)13)8(14-5-6)16-3-1-2-15-16/h2-5H. The maximum atomic E-state index is 12.7. The zero-order valence-corrected chi connectivity index (χ0v) is 8.42. The van der Waals surface area contributed by atoms with Gasteiger partial charge in [0.25, 0.3) is 0 Å². The van der Waals surface area contributed by atoms with Gasteiger partial charge in [0.1, 0.15) is 5.56 Å². The molecule has 0 aliphatic heterocycles. The minimum absolute atomic E-state index is 0.0767. The zero-order chi connectivity index (χ0) is 11.8. The number of hydrogen-bond acceptors (Lipinski definition) is 2. The molecule has 0 bridgehead atoms. The quantitative estimate of drug-likeness (QED) is 0.775. The minimum atomic E-state index is -4.53. The summed E-state index contributed by atoms with van der Waals surface area (Å²) < 4.78 is 39.0. The largest absolute Gasteiger partial charge is 0.420 e. The van der Waals surface area contributed by atoms with E-state index in [0.29, 0.717) is 0 Å². The monoisotopic (exact) mass is 246 g/mol. The fraction of sp³-hybridized carbons (Fsp3) is 0.111. The molecule has 0 unspecified atom stereocenters. The number of pyridine rings is 1. The van der Waals surface area contributed by atoms with Gasteiger partial charge in [-0.1, -0.05) is 11.6 Å². The van der Waals surface area contributed by atoms with Gasteiger partial charge in [0, 0.05) is 18.5 Å². The Kier molecular flexibility index (Phi) is 2.59. The summed E-state index contributed by atoms with van der Waals surface area (Å²) in [7, 11) is 0. The minimum Gasteiger partial charge on any atom is -0.235 e. The van der Waals surface area contributed by atoms with Gasteiger partial charge >= 0.3 is 6.18 Å². The molecule has 0 amide bonds. The van der Waals surface area contributed by atoms with Gasteiger partial charge in [-0.05, 0) is 6.07 Å². The second-order valence-electron chi connectivity index (χ2n) is 2.91. The zero-order valence-electron chi connectivity index (χ0n) is 7.66. The van der Waals surface area contributed by atoms with E-state index in [2.05, 4.69) is 16.1 Å². The summed E-state index contributed by atoms with van der Waals surface area (Å²) in [5.41, 5.74) is -0.933. The Hall–Kier alpha value is -1.56. The van der Waals surface area contributed by atoms with Crippen molar-refractivity contribution in [1.29, 1.82) is 0 Å². The number of aromatic nitrogens is 3. The van der Waals surface area contributed by atoms with Gasteiger partial charge < -0.3 is 0 Å². The van der Waals surface area contributed by atoms with Crippen LogP contribution < -0.4 is 0 Å². The lowest BCUT2D eigenvalue weighted by molar-refractivity contribution is -0.137. The molecule has 83 valence electrons. The highest BCUT2D eigenvalue weighted by atomic mass is 35.5. The number of nitrogens with zero attached hydrogens (tertiary/aromatic N) is 3. The van der Waals surface area contributed by atoms with E-state index >= 15 is 0 Å². The first-order valence-corrected chi connectivity index (χ1v) is 4.50. The lowest BCUT2D eigenvalue weighted by atomic mass is 10.2. The van der Waals surface area contributed by atoms with E-state index in [0.717, 1.165) is 16.9 Å². The van der Waals surface area contributed by atoms with Gasteiger partial charge in [-0.3, -0.25) is 0 Å². The number of rotatable bonds is 1. The van der Waals surface area contributed by atoms with Crippen LogP contribution in [0.5, 0.6) is 0 Å². The number of halogens is 4. The Bertz CT molecular complexity index is 493. The van der Waals surface area contributed by atoms with E-state index in [1.165, 1.54) is 12.4 Å². The third-order valence-electron chi connectivity index (χ3n) is 1.81. The maximum Gasteiger partial charge on any atom is 0.420 e. The highest BCUT2D eigenvalue weighted by molar-refractivity contribution is 6.30. The van der Waals surface area contributed by atoms with E-state index in [1.807, 2.05) is 0 Å². The first-order chi connectivity index (χ1) is 7.48. The molecule has 7 heteroatoms. The molecule has 2 rings (SSSR count). The van der Waals surface area contributed by atoms with Crippen molar-refractivity contribution in [2.24, 2.45) is 0 Å². The first kappa shape index (κ1) is 10.9. The molecule has 1 radical (unpaired) electrons. The third kappa shape index (κ3) is 2.01. The molecule has 0 fully saturated rings. The van der Waals surface area contributed by atoms with Crippen LogP contribution in [0.3, 0.4) is 0 Å². The summed E-state index contributed by atoms with van der Waals surface area (Å²) >= 11 is 5.48. The molecule has 0 aromatic carbocycles. The van der Waals surface area contributed by atoms with E-state index in [1.54, 1.807) is 0 Å². The second kappa shape index (κ2) is 3.79. The van der Waals surface area contributed by atoms with Gasteiger partial charge in [-0.25, -0.2) is 9.67 Å². The van der Waals surface area contributed by atoms with E-state index in [-0.39, 0.29) is 10.8 Å². The Morgan fingerprint density at radius 3 is 2.69 bits per heavy atom. The van der Waals surface area contributed by atoms with Crippen molar-refractivity contribution in [1.82, 2.24) is 14.8 Å². The van der Waals surface area contributed by atoms with Crippen molar-refractivity contribution < 1.29 is 13.2 Å². The van der Waals surface area contributed by atoms with E-state index < -0.39 is 11.7 Å². The summed E-state index contributed by atoms with van der Waals surface area (Å²) in [5, 5.41) is 3.57. The highest BCUT2D eigenvalue weighted by Crippen LogP contribution is 2.33. The average Bonchev–Trinajstić information content (AvgIpc) is 2.69. The van der Waals surface area contributed by atoms with Gasteiger partial charge in [-0.15, -0.1) is 0 Å². The van der Waals surface area contributed by atoms with Gasteiger partial charge in [0.05, 0.1) is 11.2 Å². The van der Waals surface area contributed by atoms with Crippen LogP contribution in [-0.4, -0.2) is 14.8 Å². The fourth-order valence-electron chi connectivity index (χ4n) is 1.17. The molecular formula is C9H4ClF3N3. The molecule has 3 nitrogen and oxygen atoms in total. The smallest absolute Gasteiger partial charge is 0.235 e. The summed E-state index contributed by atoms with van der Waals surface area (Å²) in [6.07, 6.45) is -0.894. The molecule has 0 atom stereocenters. The molecule has 0 aliphatic carbocycles. The Morgan fingerprint density at radius 2 is 2.12 bits per heavy atom. The molecule has 0 aliphatic rings. The lowest BCUT2D eigenvalue weighted by Crippen LogP contribution is -2.12. The topological polar surface area (TPSA) is 30.7 Å². The molecule has 0 saturated heterocycles. The Morgan fingerprint density at radius 1 is 1.38 bits per heavy atom. The van der Waals surface area contributed by atoms with Gasteiger partial charge in [0.15, 0.2) is 5.82 Å². The van der Waals surface area contributed by atoms with Crippen LogP contribution in [0, 0.1) is 6.07 Å². The first-order valence-electron chi connectivity index (χ1n) is 4.12. The predicted molar refractivity (Wildman–Crippen MR) is 50.2 cm³/mol. The van der Waals surface area contributed by atoms with Gasteiger partial charge in [0.2, 0.25) is 0 Å². The average molecular weight is 247 g/mol. The fourth-order valence-corrected chi connectivity index (χ4v) is 1.33. The summed E-state index contributed by atoms with van der Waals surface area (Å²) in [6.45, 7) is 0. The van der Waals surface area contributed by atoms with Crippen molar-refractivity contribution in [2.45, 2.75) is 6.18 Å². The highest BCUT2D eigenvalue weighted by Gasteiger charge is 2.35. The Labute approximate surface area is 93.5 Å². The maximum absolute atomic E-state index is 12.7. The molecule has 0 spiro atoms. The normalized spacial score (nSPS) is 11.8. The second-order valence-corrected chi connectivity index (χ2v) is 3.34. The molecule has 0 saturated carbocycles. The van der Waals surface area contributed by atoms with Crippen molar-refractivity contribution in [3.63, 3.8) is 0 Å².